The lowest BCUT2D eigenvalue weighted by Crippen LogP contribution is -2.09. The van der Waals surface area contributed by atoms with Crippen LogP contribution in [0.2, 0.25) is 0 Å². The summed E-state index contributed by atoms with van der Waals surface area (Å²) in [4.78, 5) is 23.1. The van der Waals surface area contributed by atoms with Crippen molar-refractivity contribution in [3.05, 3.63) is 66.2 Å². The molecule has 23 heavy (non-hydrogen) atoms. The third-order valence-electron chi connectivity index (χ3n) is 3.30. The second-order valence-corrected chi connectivity index (χ2v) is 5.14. The van der Waals surface area contributed by atoms with E-state index in [1.54, 1.807) is 30.3 Å². The number of anilines is 2. The summed E-state index contributed by atoms with van der Waals surface area (Å²) in [7, 11) is 0. The molecule has 0 aliphatic heterocycles. The van der Waals surface area contributed by atoms with E-state index in [2.05, 4.69) is 10.6 Å². The van der Waals surface area contributed by atoms with Crippen LogP contribution in [-0.4, -0.2) is 11.8 Å². The first-order chi connectivity index (χ1) is 11.1. The van der Waals surface area contributed by atoms with Crippen molar-refractivity contribution >= 4 is 28.8 Å². The van der Waals surface area contributed by atoms with Crippen LogP contribution in [0, 0.1) is 0 Å². The van der Waals surface area contributed by atoms with E-state index in [4.69, 9.17) is 0 Å². The maximum Gasteiger partial charge on any atom is 0.248 e. The Morgan fingerprint density at radius 1 is 0.913 bits per heavy atom. The van der Waals surface area contributed by atoms with Crippen LogP contribution in [-0.2, 0) is 9.59 Å². The van der Waals surface area contributed by atoms with E-state index in [-0.39, 0.29) is 11.8 Å². The van der Waals surface area contributed by atoms with Crippen LogP contribution in [0.5, 0.6) is 0 Å². The van der Waals surface area contributed by atoms with Crippen molar-refractivity contribution in [1.82, 2.24) is 0 Å². The van der Waals surface area contributed by atoms with Gasteiger partial charge in [-0.3, -0.25) is 9.59 Å². The van der Waals surface area contributed by atoms with Gasteiger partial charge in [0.2, 0.25) is 11.8 Å². The van der Waals surface area contributed by atoms with Crippen molar-refractivity contribution in [1.29, 1.82) is 0 Å². The van der Waals surface area contributed by atoms with Crippen LogP contribution in [0.1, 0.15) is 25.8 Å². The number of hydrogen-bond acceptors (Lipinski definition) is 2. The number of allylic oxidation sites excluding steroid dienone is 1. The Labute approximate surface area is 136 Å². The summed E-state index contributed by atoms with van der Waals surface area (Å²) in [6.45, 7) is 3.48. The van der Waals surface area contributed by atoms with Crippen molar-refractivity contribution in [3.63, 3.8) is 0 Å². The van der Waals surface area contributed by atoms with E-state index >= 15 is 0 Å². The van der Waals surface area contributed by atoms with Gasteiger partial charge in [-0.05, 0) is 41.8 Å². The minimum atomic E-state index is -0.169. The third-order valence-corrected chi connectivity index (χ3v) is 3.30. The maximum absolute atomic E-state index is 12.2. The molecule has 118 valence electrons. The zero-order valence-corrected chi connectivity index (χ0v) is 13.3. The Bertz CT molecular complexity index is 704. The molecule has 2 rings (SSSR count). The molecule has 0 unspecified atom stereocenters. The van der Waals surface area contributed by atoms with E-state index in [9.17, 15) is 9.59 Å². The highest BCUT2D eigenvalue weighted by Crippen LogP contribution is 2.18. The molecule has 0 bridgehead atoms. The molecular weight excluding hydrogens is 288 g/mol. The molecule has 2 aromatic carbocycles. The smallest absolute Gasteiger partial charge is 0.248 e. The van der Waals surface area contributed by atoms with Crippen molar-refractivity contribution in [2.24, 2.45) is 0 Å². The van der Waals surface area contributed by atoms with Crippen molar-refractivity contribution in [2.45, 2.75) is 20.3 Å². The Hall–Kier alpha value is -2.88. The number of carbonyl (C=O) groups excluding carboxylic acids is 2. The Balaban J connectivity index is 2.06. The summed E-state index contributed by atoms with van der Waals surface area (Å²) in [5.41, 5.74) is 3.41. The van der Waals surface area contributed by atoms with Crippen LogP contribution in [0.3, 0.4) is 0 Å². The number of hydrogen-bond donors (Lipinski definition) is 2. The van der Waals surface area contributed by atoms with Crippen LogP contribution in [0.15, 0.2) is 60.7 Å². The van der Waals surface area contributed by atoms with Gasteiger partial charge < -0.3 is 10.6 Å². The second-order valence-electron chi connectivity index (χ2n) is 5.14. The largest absolute Gasteiger partial charge is 0.326 e. The Kier molecular flexibility index (Phi) is 5.69. The van der Waals surface area contributed by atoms with Gasteiger partial charge in [0.25, 0.3) is 0 Å². The first-order valence-corrected chi connectivity index (χ1v) is 7.53. The average Bonchev–Trinajstić information content (AvgIpc) is 2.55. The number of carbonyl (C=O) groups is 2. The van der Waals surface area contributed by atoms with Gasteiger partial charge in [-0.25, -0.2) is 0 Å². The molecule has 0 fully saturated rings. The Morgan fingerprint density at radius 2 is 1.48 bits per heavy atom. The molecular formula is C19H20N2O2. The van der Waals surface area contributed by atoms with Crippen molar-refractivity contribution in [2.75, 3.05) is 10.6 Å². The molecule has 0 saturated heterocycles. The first kappa shape index (κ1) is 16.5. The first-order valence-electron chi connectivity index (χ1n) is 7.53. The molecule has 4 heteroatoms. The molecule has 0 atom stereocenters. The van der Waals surface area contributed by atoms with Gasteiger partial charge in [-0.2, -0.15) is 0 Å². The monoisotopic (exact) mass is 308 g/mol. The molecule has 4 nitrogen and oxygen atoms in total. The Morgan fingerprint density at radius 3 is 2.00 bits per heavy atom. The molecule has 0 aliphatic carbocycles. The molecule has 0 radical (unpaired) electrons. The van der Waals surface area contributed by atoms with E-state index in [1.807, 2.05) is 37.3 Å². The third kappa shape index (κ3) is 5.11. The van der Waals surface area contributed by atoms with Gasteiger partial charge in [-0.15, -0.1) is 0 Å². The van der Waals surface area contributed by atoms with Crippen LogP contribution in [0.25, 0.3) is 5.57 Å². The minimum Gasteiger partial charge on any atom is -0.326 e. The normalized spacial score (nSPS) is 11.0. The molecule has 0 aromatic heterocycles. The molecule has 2 amide bonds. The van der Waals surface area contributed by atoms with Gasteiger partial charge in [0.05, 0.1) is 0 Å². The summed E-state index contributed by atoms with van der Waals surface area (Å²) >= 11 is 0. The fraction of sp³-hybridized carbons (Fsp3) is 0.158. The van der Waals surface area contributed by atoms with Gasteiger partial charge >= 0.3 is 0 Å². The lowest BCUT2D eigenvalue weighted by molar-refractivity contribution is -0.114. The van der Waals surface area contributed by atoms with Crippen LogP contribution >= 0.6 is 0 Å². The van der Waals surface area contributed by atoms with Crippen LogP contribution < -0.4 is 10.6 Å². The summed E-state index contributed by atoms with van der Waals surface area (Å²) in [5, 5.41) is 5.51. The average molecular weight is 308 g/mol. The highest BCUT2D eigenvalue weighted by molar-refractivity contribution is 6.04. The maximum atomic E-state index is 12.2. The van der Waals surface area contributed by atoms with Crippen molar-refractivity contribution < 1.29 is 9.59 Å². The topological polar surface area (TPSA) is 58.2 Å². The number of amides is 2. The quantitative estimate of drug-likeness (QED) is 0.818. The van der Waals surface area contributed by atoms with Crippen molar-refractivity contribution in [3.8, 4) is 0 Å². The second kappa shape index (κ2) is 7.94. The van der Waals surface area contributed by atoms with E-state index in [0.29, 0.717) is 11.4 Å². The standard InChI is InChI=1S/C19H20N2O2/c1-3-15(16-7-5-4-6-8-16)13-19(23)21-18-11-9-17(10-12-18)20-14(2)22/h4-13H,3H2,1-2H3,(H,20,22)(H,21,23)/b15-13+. The van der Waals surface area contributed by atoms with E-state index in [0.717, 1.165) is 17.6 Å². The highest BCUT2D eigenvalue weighted by Gasteiger charge is 2.04. The molecule has 2 aromatic rings. The highest BCUT2D eigenvalue weighted by atomic mass is 16.2. The lowest BCUT2D eigenvalue weighted by Gasteiger charge is -2.07. The number of benzene rings is 2. The van der Waals surface area contributed by atoms with Gasteiger partial charge in [-0.1, -0.05) is 37.3 Å². The fourth-order valence-electron chi connectivity index (χ4n) is 2.22. The summed E-state index contributed by atoms with van der Waals surface area (Å²) in [6.07, 6.45) is 2.40. The predicted molar refractivity (Wildman–Crippen MR) is 94.1 cm³/mol. The fourth-order valence-corrected chi connectivity index (χ4v) is 2.22. The number of rotatable bonds is 5. The molecule has 0 saturated carbocycles. The summed E-state index contributed by atoms with van der Waals surface area (Å²) in [6, 6.07) is 16.9. The number of nitrogens with one attached hydrogen (secondary N) is 2. The van der Waals surface area contributed by atoms with Gasteiger partial charge in [0.1, 0.15) is 0 Å². The van der Waals surface area contributed by atoms with Gasteiger partial charge in [0.15, 0.2) is 0 Å². The SMILES string of the molecule is CC/C(=C\C(=O)Nc1ccc(NC(C)=O)cc1)c1ccccc1. The molecule has 0 spiro atoms. The van der Waals surface area contributed by atoms with Crippen LogP contribution in [0.4, 0.5) is 11.4 Å². The predicted octanol–water partition coefficient (Wildman–Crippen LogP) is 4.08. The molecule has 2 N–H and O–H groups in total. The summed E-state index contributed by atoms with van der Waals surface area (Å²) < 4.78 is 0. The van der Waals surface area contributed by atoms with E-state index < -0.39 is 0 Å². The zero-order valence-electron chi connectivity index (χ0n) is 13.3. The summed E-state index contributed by atoms with van der Waals surface area (Å²) in [5.74, 6) is -0.293. The molecule has 0 heterocycles. The minimum absolute atomic E-state index is 0.125. The lowest BCUT2D eigenvalue weighted by atomic mass is 10.0. The van der Waals surface area contributed by atoms with E-state index in [1.165, 1.54) is 6.92 Å². The zero-order chi connectivity index (χ0) is 16.7. The van der Waals surface area contributed by atoms with Gasteiger partial charge in [0, 0.05) is 24.4 Å². The molecule has 0 aliphatic rings.